The first kappa shape index (κ1) is 23.0. The number of amides is 2. The topological polar surface area (TPSA) is 165 Å². The molecular formula is C16H22F2N4O6S. The van der Waals surface area contributed by atoms with Gasteiger partial charge in [-0.2, -0.15) is 0 Å². The zero-order valence-corrected chi connectivity index (χ0v) is 16.3. The Morgan fingerprint density at radius 2 is 2.10 bits per heavy atom. The van der Waals surface area contributed by atoms with Gasteiger partial charge in [0.05, 0.1) is 0 Å². The van der Waals surface area contributed by atoms with Crippen LogP contribution in [-0.2, 0) is 23.9 Å². The van der Waals surface area contributed by atoms with Gasteiger partial charge in [-0.15, -0.1) is 11.8 Å². The number of rotatable bonds is 9. The molecule has 29 heavy (non-hydrogen) atoms. The highest BCUT2D eigenvalue weighted by Crippen LogP contribution is 2.40. The fraction of sp³-hybridized carbons (Fsp3) is 0.625. The number of hydrogen-bond donors (Lipinski definition) is 4. The van der Waals surface area contributed by atoms with E-state index in [9.17, 15) is 33.1 Å². The molecule has 2 heterocycles. The summed E-state index contributed by atoms with van der Waals surface area (Å²) in [5.74, 6) is -3.88. The summed E-state index contributed by atoms with van der Waals surface area (Å²) in [6, 6.07) is -1.20. The molecule has 0 aliphatic carbocycles. The number of esters is 1. The highest BCUT2D eigenvalue weighted by atomic mass is 32.2. The lowest BCUT2D eigenvalue weighted by atomic mass is 9.92. The van der Waals surface area contributed by atoms with E-state index in [0.29, 0.717) is 0 Å². The predicted octanol–water partition coefficient (Wildman–Crippen LogP) is -1.01. The van der Waals surface area contributed by atoms with E-state index in [1.807, 2.05) is 0 Å². The van der Waals surface area contributed by atoms with Gasteiger partial charge in [-0.1, -0.05) is 0 Å². The number of fused-ring (bicyclic) bond motifs is 1. The van der Waals surface area contributed by atoms with Crippen LogP contribution in [0.25, 0.3) is 0 Å². The van der Waals surface area contributed by atoms with Gasteiger partial charge in [-0.3, -0.25) is 19.3 Å². The van der Waals surface area contributed by atoms with E-state index in [0.717, 1.165) is 23.6 Å². The number of thioether (sulfide) groups is 1. The number of β-lactam (4-membered cyclic amide) rings is 1. The number of aliphatic carboxylic acids is 1. The van der Waals surface area contributed by atoms with Crippen molar-refractivity contribution < 1.29 is 37.8 Å². The third kappa shape index (κ3) is 4.51. The molecule has 10 nitrogen and oxygen atoms in total. The van der Waals surface area contributed by atoms with Crippen LogP contribution in [0.3, 0.4) is 0 Å². The van der Waals surface area contributed by atoms with E-state index in [2.05, 4.69) is 5.32 Å². The quantitative estimate of drug-likeness (QED) is 0.262. The smallest absolute Gasteiger partial charge is 0.352 e. The Morgan fingerprint density at radius 1 is 1.45 bits per heavy atom. The van der Waals surface area contributed by atoms with Gasteiger partial charge < -0.3 is 26.6 Å². The molecule has 2 aliphatic rings. The molecule has 3 atom stereocenters. The normalized spacial score (nSPS) is 23.2. The Labute approximate surface area is 169 Å². The Balaban J connectivity index is 2.17. The van der Waals surface area contributed by atoms with Gasteiger partial charge in [-0.25, -0.2) is 13.6 Å². The number of ether oxygens (including phenoxy) is 1. The second-order valence-electron chi connectivity index (χ2n) is 6.63. The van der Waals surface area contributed by atoms with E-state index in [4.69, 9.17) is 16.2 Å². The molecule has 0 radical (unpaired) electrons. The molecule has 1 saturated heterocycles. The third-order valence-corrected chi connectivity index (χ3v) is 5.93. The molecule has 2 aliphatic heterocycles. The van der Waals surface area contributed by atoms with Crippen molar-refractivity contribution in [2.24, 2.45) is 11.5 Å². The van der Waals surface area contributed by atoms with E-state index >= 15 is 0 Å². The number of carboxylic acids is 1. The predicted molar refractivity (Wildman–Crippen MR) is 97.5 cm³/mol. The van der Waals surface area contributed by atoms with E-state index in [1.54, 1.807) is 0 Å². The summed E-state index contributed by atoms with van der Waals surface area (Å²) >= 11 is 1.11. The van der Waals surface area contributed by atoms with Gasteiger partial charge in [0.25, 0.3) is 12.3 Å². The first-order valence-corrected chi connectivity index (χ1v) is 9.70. The first-order valence-electron chi connectivity index (χ1n) is 8.66. The van der Waals surface area contributed by atoms with Crippen molar-refractivity contribution in [3.8, 4) is 0 Å². The molecule has 3 unspecified atom stereocenters. The Kier molecular flexibility index (Phi) is 7.19. The third-order valence-electron chi connectivity index (χ3n) is 4.59. The van der Waals surface area contributed by atoms with Crippen molar-refractivity contribution in [3.05, 3.63) is 11.3 Å². The maximum absolute atomic E-state index is 13.4. The number of carbonyl (C=O) groups is 4. The summed E-state index contributed by atoms with van der Waals surface area (Å²) < 4.78 is 31.6. The molecule has 0 aromatic rings. The van der Waals surface area contributed by atoms with Crippen LogP contribution < -0.4 is 16.8 Å². The molecular weight excluding hydrogens is 414 g/mol. The number of nitrogens with one attached hydrogen (secondary N) is 1. The van der Waals surface area contributed by atoms with Crippen molar-refractivity contribution in [1.29, 1.82) is 0 Å². The van der Waals surface area contributed by atoms with Crippen LogP contribution in [-0.4, -0.2) is 76.0 Å². The molecule has 13 heteroatoms. The minimum Gasteiger partial charge on any atom is -0.477 e. The molecule has 1 fully saturated rings. The average molecular weight is 436 g/mol. The van der Waals surface area contributed by atoms with Crippen LogP contribution >= 0.6 is 11.8 Å². The summed E-state index contributed by atoms with van der Waals surface area (Å²) in [6.07, 6.45) is -3.46. The van der Waals surface area contributed by atoms with Gasteiger partial charge in [0.1, 0.15) is 23.7 Å². The lowest BCUT2D eigenvalue weighted by Crippen LogP contribution is -2.73. The summed E-state index contributed by atoms with van der Waals surface area (Å²) in [5, 5.41) is 10.9. The zero-order valence-electron chi connectivity index (χ0n) is 15.5. The zero-order chi connectivity index (χ0) is 21.9. The lowest BCUT2D eigenvalue weighted by molar-refractivity contribution is -0.152. The molecule has 0 bridgehead atoms. The highest BCUT2D eigenvalue weighted by Gasteiger charge is 2.56. The van der Waals surface area contributed by atoms with Gasteiger partial charge in [-0.05, 0) is 19.4 Å². The number of alkyl halides is 2. The highest BCUT2D eigenvalue weighted by molar-refractivity contribution is 8.00. The van der Waals surface area contributed by atoms with E-state index < -0.39 is 47.1 Å². The fourth-order valence-electron chi connectivity index (χ4n) is 2.98. The molecule has 0 aromatic heterocycles. The van der Waals surface area contributed by atoms with Gasteiger partial charge in [0.15, 0.2) is 5.54 Å². The number of carboxylic acid groups (broad SMARTS) is 1. The van der Waals surface area contributed by atoms with Crippen LogP contribution in [0.2, 0.25) is 0 Å². The van der Waals surface area contributed by atoms with Crippen molar-refractivity contribution in [2.75, 3.05) is 18.9 Å². The molecule has 0 saturated carbocycles. The average Bonchev–Trinajstić information content (AvgIpc) is 2.66. The SMILES string of the molecule is CC(=O)OCC1=C(C(=O)O)N2C(=O)C(NC(=O)C(N)(CCCN)C(F)F)C2SC1. The van der Waals surface area contributed by atoms with Crippen molar-refractivity contribution in [2.45, 2.75) is 43.1 Å². The lowest BCUT2D eigenvalue weighted by Gasteiger charge is -2.50. The molecule has 2 rings (SSSR count). The fourth-order valence-corrected chi connectivity index (χ4v) is 4.30. The Morgan fingerprint density at radius 3 is 2.62 bits per heavy atom. The molecule has 162 valence electrons. The molecule has 2 amide bonds. The first-order chi connectivity index (χ1) is 13.5. The van der Waals surface area contributed by atoms with Gasteiger partial charge >= 0.3 is 11.9 Å². The standard InChI is InChI=1S/C16H22F2N4O6S/c1-7(23)28-5-8-6-29-12-9(11(24)22(12)10(8)13(25)26)21-15(27)16(20,14(17)18)3-2-4-19/h9,12,14H,2-6,19-20H2,1H3,(H,21,27)(H,25,26). The summed E-state index contributed by atoms with van der Waals surface area (Å²) in [7, 11) is 0. The van der Waals surface area contributed by atoms with Gasteiger partial charge in [0, 0.05) is 18.2 Å². The molecule has 0 spiro atoms. The largest absolute Gasteiger partial charge is 0.477 e. The summed E-state index contributed by atoms with van der Waals surface area (Å²) in [6.45, 7) is 0.923. The van der Waals surface area contributed by atoms with Crippen LogP contribution in [0.1, 0.15) is 19.8 Å². The molecule has 0 aromatic carbocycles. The second kappa shape index (κ2) is 9.05. The summed E-state index contributed by atoms with van der Waals surface area (Å²) in [4.78, 5) is 48.4. The monoisotopic (exact) mass is 436 g/mol. The Bertz CT molecular complexity index is 749. The number of carbonyl (C=O) groups excluding carboxylic acids is 3. The minimum atomic E-state index is -3.18. The molecule has 6 N–H and O–H groups in total. The minimum absolute atomic E-state index is 0.0610. The van der Waals surface area contributed by atoms with Crippen LogP contribution in [0, 0.1) is 0 Å². The van der Waals surface area contributed by atoms with Crippen LogP contribution in [0.4, 0.5) is 8.78 Å². The van der Waals surface area contributed by atoms with Gasteiger partial charge in [0.2, 0.25) is 5.91 Å². The van der Waals surface area contributed by atoms with Crippen molar-refractivity contribution in [1.82, 2.24) is 10.2 Å². The number of nitrogens with two attached hydrogens (primary N) is 2. The number of nitrogens with zero attached hydrogens (tertiary/aromatic N) is 1. The van der Waals surface area contributed by atoms with E-state index in [1.165, 1.54) is 0 Å². The van der Waals surface area contributed by atoms with Crippen molar-refractivity contribution >= 4 is 35.5 Å². The number of hydrogen-bond acceptors (Lipinski definition) is 8. The Hall–Kier alpha value is -2.25. The second-order valence-corrected chi connectivity index (χ2v) is 7.74. The maximum atomic E-state index is 13.4. The number of halogens is 2. The maximum Gasteiger partial charge on any atom is 0.352 e. The summed E-state index contributed by atoms with van der Waals surface area (Å²) in [5.41, 5.74) is 8.23. The van der Waals surface area contributed by atoms with Crippen LogP contribution in [0.15, 0.2) is 11.3 Å². The van der Waals surface area contributed by atoms with E-state index in [-0.39, 0.29) is 43.0 Å². The van der Waals surface area contributed by atoms with Crippen molar-refractivity contribution in [3.63, 3.8) is 0 Å². The van der Waals surface area contributed by atoms with Crippen LogP contribution in [0.5, 0.6) is 0 Å².